The van der Waals surface area contributed by atoms with Gasteiger partial charge in [-0.2, -0.15) is 0 Å². The van der Waals surface area contributed by atoms with Crippen LogP contribution in [0.25, 0.3) is 0 Å². The molecule has 1 aliphatic rings. The highest BCUT2D eigenvalue weighted by molar-refractivity contribution is 6.30. The highest BCUT2D eigenvalue weighted by Crippen LogP contribution is 2.33. The van der Waals surface area contributed by atoms with Crippen molar-refractivity contribution in [1.29, 1.82) is 0 Å². The standard InChI is InChI=1S/C14H18ClNO3/c1-16(5-3-13(17)18-2)9-11-8-12(15)7-10-4-6-19-14(10)11/h7-8H,3-6,9H2,1-2H3. The van der Waals surface area contributed by atoms with Gasteiger partial charge >= 0.3 is 5.97 Å². The van der Waals surface area contributed by atoms with E-state index in [-0.39, 0.29) is 5.97 Å². The molecular formula is C14H18ClNO3. The van der Waals surface area contributed by atoms with Crippen LogP contribution in [-0.2, 0) is 22.5 Å². The van der Waals surface area contributed by atoms with Crippen LogP contribution in [0.5, 0.6) is 5.75 Å². The lowest BCUT2D eigenvalue weighted by atomic mass is 10.1. The van der Waals surface area contributed by atoms with E-state index in [9.17, 15) is 4.79 Å². The third kappa shape index (κ3) is 3.61. The molecule has 0 aliphatic carbocycles. The van der Waals surface area contributed by atoms with E-state index >= 15 is 0 Å². The lowest BCUT2D eigenvalue weighted by Gasteiger charge is -2.18. The fraction of sp³-hybridized carbons (Fsp3) is 0.500. The van der Waals surface area contributed by atoms with Crippen LogP contribution >= 0.6 is 11.6 Å². The zero-order valence-corrected chi connectivity index (χ0v) is 12.0. The van der Waals surface area contributed by atoms with Gasteiger partial charge in [0.05, 0.1) is 20.1 Å². The van der Waals surface area contributed by atoms with E-state index in [1.165, 1.54) is 12.7 Å². The Morgan fingerprint density at radius 3 is 3.05 bits per heavy atom. The molecular weight excluding hydrogens is 266 g/mol. The van der Waals surface area contributed by atoms with Gasteiger partial charge in [-0.1, -0.05) is 11.6 Å². The van der Waals surface area contributed by atoms with E-state index in [1.807, 2.05) is 19.2 Å². The van der Waals surface area contributed by atoms with Gasteiger partial charge < -0.3 is 14.4 Å². The van der Waals surface area contributed by atoms with Gasteiger partial charge in [-0.05, 0) is 24.7 Å². The third-order valence-electron chi connectivity index (χ3n) is 3.19. The van der Waals surface area contributed by atoms with Gasteiger partial charge in [-0.15, -0.1) is 0 Å². The van der Waals surface area contributed by atoms with Crippen molar-refractivity contribution in [1.82, 2.24) is 4.90 Å². The van der Waals surface area contributed by atoms with Crippen molar-refractivity contribution in [2.24, 2.45) is 0 Å². The molecule has 0 unspecified atom stereocenters. The first-order chi connectivity index (χ1) is 9.10. The molecule has 1 aliphatic heterocycles. The molecule has 0 N–H and O–H groups in total. The third-order valence-corrected chi connectivity index (χ3v) is 3.41. The summed E-state index contributed by atoms with van der Waals surface area (Å²) in [4.78, 5) is 13.2. The molecule has 0 spiro atoms. The summed E-state index contributed by atoms with van der Waals surface area (Å²) in [7, 11) is 3.37. The van der Waals surface area contributed by atoms with Crippen LogP contribution in [0.2, 0.25) is 5.02 Å². The number of rotatable bonds is 5. The zero-order chi connectivity index (χ0) is 13.8. The highest BCUT2D eigenvalue weighted by Gasteiger charge is 2.18. The number of ether oxygens (including phenoxy) is 2. The Hall–Kier alpha value is -1.26. The smallest absolute Gasteiger partial charge is 0.306 e. The molecule has 4 nitrogen and oxygen atoms in total. The molecule has 0 saturated carbocycles. The molecule has 5 heteroatoms. The molecule has 0 radical (unpaired) electrons. The van der Waals surface area contributed by atoms with Gasteiger partial charge in [0, 0.05) is 30.1 Å². The van der Waals surface area contributed by atoms with Gasteiger partial charge in [0.2, 0.25) is 0 Å². The molecule has 0 saturated heterocycles. The van der Waals surface area contributed by atoms with Crippen molar-refractivity contribution >= 4 is 17.6 Å². The summed E-state index contributed by atoms with van der Waals surface area (Å²) in [6.45, 7) is 2.07. The molecule has 19 heavy (non-hydrogen) atoms. The Kier molecular flexibility index (Phi) is 4.66. The van der Waals surface area contributed by atoms with Crippen molar-refractivity contribution in [3.8, 4) is 5.75 Å². The summed E-state index contributed by atoms with van der Waals surface area (Å²) in [6, 6.07) is 3.89. The van der Waals surface area contributed by atoms with Crippen LogP contribution in [0.4, 0.5) is 0 Å². The molecule has 1 heterocycles. The van der Waals surface area contributed by atoms with Crippen LogP contribution in [0.1, 0.15) is 17.5 Å². The van der Waals surface area contributed by atoms with Gasteiger partial charge in [0.25, 0.3) is 0 Å². The molecule has 1 aromatic rings. The Bertz CT molecular complexity index is 476. The Morgan fingerprint density at radius 2 is 2.32 bits per heavy atom. The van der Waals surface area contributed by atoms with E-state index < -0.39 is 0 Å². The number of hydrogen-bond acceptors (Lipinski definition) is 4. The largest absolute Gasteiger partial charge is 0.493 e. The summed E-state index contributed by atoms with van der Waals surface area (Å²) >= 11 is 6.11. The minimum absolute atomic E-state index is 0.195. The molecule has 2 rings (SSSR count). The van der Waals surface area contributed by atoms with Crippen molar-refractivity contribution in [3.05, 3.63) is 28.3 Å². The summed E-state index contributed by atoms with van der Waals surface area (Å²) in [5.74, 6) is 0.758. The number of benzene rings is 1. The average molecular weight is 284 g/mol. The maximum absolute atomic E-state index is 11.1. The minimum atomic E-state index is -0.195. The van der Waals surface area contributed by atoms with Crippen LogP contribution in [0.3, 0.4) is 0 Å². The second-order valence-electron chi connectivity index (χ2n) is 4.72. The maximum Gasteiger partial charge on any atom is 0.306 e. The van der Waals surface area contributed by atoms with Crippen LogP contribution < -0.4 is 4.74 Å². The van der Waals surface area contributed by atoms with Crippen molar-refractivity contribution in [2.75, 3.05) is 27.3 Å². The predicted octanol–water partition coefficient (Wildman–Crippen LogP) is 2.27. The lowest BCUT2D eigenvalue weighted by molar-refractivity contribution is -0.140. The number of carbonyl (C=O) groups excluding carboxylic acids is 1. The molecule has 0 bridgehead atoms. The number of nitrogens with zero attached hydrogens (tertiary/aromatic N) is 1. The molecule has 104 valence electrons. The Morgan fingerprint density at radius 1 is 1.53 bits per heavy atom. The second kappa shape index (κ2) is 6.26. The fourth-order valence-corrected chi connectivity index (χ4v) is 2.48. The number of methoxy groups -OCH3 is 1. The van der Waals surface area contributed by atoms with Gasteiger partial charge in [-0.25, -0.2) is 0 Å². The number of halogens is 1. The fourth-order valence-electron chi connectivity index (χ4n) is 2.22. The molecule has 0 fully saturated rings. The normalized spacial score (nSPS) is 13.3. The summed E-state index contributed by atoms with van der Waals surface area (Å²) in [5, 5.41) is 0.737. The molecule has 0 atom stereocenters. The van der Waals surface area contributed by atoms with Gasteiger partial charge in [0.1, 0.15) is 5.75 Å². The minimum Gasteiger partial charge on any atom is -0.493 e. The van der Waals surface area contributed by atoms with Crippen molar-refractivity contribution < 1.29 is 14.3 Å². The zero-order valence-electron chi connectivity index (χ0n) is 11.2. The van der Waals surface area contributed by atoms with Gasteiger partial charge in [-0.3, -0.25) is 4.79 Å². The number of esters is 1. The number of carbonyl (C=O) groups is 1. The van der Waals surface area contributed by atoms with Crippen molar-refractivity contribution in [3.63, 3.8) is 0 Å². The first-order valence-corrected chi connectivity index (χ1v) is 6.67. The number of hydrogen-bond donors (Lipinski definition) is 0. The SMILES string of the molecule is COC(=O)CCN(C)Cc1cc(Cl)cc2c1OCC2. The lowest BCUT2D eigenvalue weighted by Crippen LogP contribution is -2.22. The summed E-state index contributed by atoms with van der Waals surface area (Å²) < 4.78 is 10.3. The van der Waals surface area contributed by atoms with E-state index in [4.69, 9.17) is 16.3 Å². The van der Waals surface area contributed by atoms with E-state index in [1.54, 1.807) is 0 Å². The first kappa shape index (κ1) is 14.2. The first-order valence-electron chi connectivity index (χ1n) is 6.29. The predicted molar refractivity (Wildman–Crippen MR) is 73.6 cm³/mol. The maximum atomic E-state index is 11.1. The van der Waals surface area contributed by atoms with Crippen molar-refractivity contribution in [2.45, 2.75) is 19.4 Å². The average Bonchev–Trinajstić information content (AvgIpc) is 2.84. The Balaban J connectivity index is 2.01. The molecule has 0 aromatic heterocycles. The van der Waals surface area contributed by atoms with Crippen LogP contribution in [-0.4, -0.2) is 38.2 Å². The second-order valence-corrected chi connectivity index (χ2v) is 5.15. The monoisotopic (exact) mass is 283 g/mol. The topological polar surface area (TPSA) is 38.8 Å². The molecule has 0 amide bonds. The summed E-state index contributed by atoms with van der Waals surface area (Å²) in [5.41, 5.74) is 2.25. The quantitative estimate of drug-likeness (QED) is 0.777. The Labute approximate surface area is 118 Å². The van der Waals surface area contributed by atoms with E-state index in [2.05, 4.69) is 9.64 Å². The van der Waals surface area contributed by atoms with Gasteiger partial charge in [0.15, 0.2) is 0 Å². The van der Waals surface area contributed by atoms with E-state index in [0.29, 0.717) is 26.1 Å². The highest BCUT2D eigenvalue weighted by atomic mass is 35.5. The van der Waals surface area contributed by atoms with Crippen LogP contribution in [0.15, 0.2) is 12.1 Å². The van der Waals surface area contributed by atoms with Crippen LogP contribution in [0, 0.1) is 0 Å². The molecule has 1 aromatic carbocycles. The summed E-state index contributed by atoms with van der Waals surface area (Å²) in [6.07, 6.45) is 1.30. The van der Waals surface area contributed by atoms with E-state index in [0.717, 1.165) is 22.8 Å². The number of fused-ring (bicyclic) bond motifs is 1.